The fourth-order valence-electron chi connectivity index (χ4n) is 2.32. The van der Waals surface area contributed by atoms with Crippen LogP contribution in [0.2, 0.25) is 0 Å². The van der Waals surface area contributed by atoms with Crippen molar-refractivity contribution in [1.82, 2.24) is 9.55 Å². The summed E-state index contributed by atoms with van der Waals surface area (Å²) in [6.07, 6.45) is 1.37. The van der Waals surface area contributed by atoms with E-state index in [-0.39, 0.29) is 5.56 Å². The second kappa shape index (κ2) is 4.81. The highest BCUT2D eigenvalue weighted by Gasteiger charge is 2.07. The summed E-state index contributed by atoms with van der Waals surface area (Å²) in [5.74, 6) is 0. The Morgan fingerprint density at radius 3 is 2.80 bits per heavy atom. The number of para-hydroxylation sites is 2. The van der Waals surface area contributed by atoms with Gasteiger partial charge in [0.2, 0.25) is 0 Å². The van der Waals surface area contributed by atoms with E-state index in [1.165, 1.54) is 6.20 Å². The zero-order valence-electron chi connectivity index (χ0n) is 11.2. The van der Waals surface area contributed by atoms with Crippen molar-refractivity contribution in [2.24, 2.45) is 0 Å². The summed E-state index contributed by atoms with van der Waals surface area (Å²) >= 11 is 0. The van der Waals surface area contributed by atoms with Crippen LogP contribution in [0.4, 0.5) is 5.69 Å². The van der Waals surface area contributed by atoms with Gasteiger partial charge < -0.3 is 10.3 Å². The number of nitrogens with zero attached hydrogens (tertiary/aromatic N) is 2. The lowest BCUT2D eigenvalue weighted by Gasteiger charge is -2.12. The molecular weight excluding hydrogens is 250 g/mol. The first-order valence-corrected chi connectivity index (χ1v) is 6.45. The van der Waals surface area contributed by atoms with Crippen molar-refractivity contribution in [1.29, 1.82) is 0 Å². The molecule has 3 aromatic rings. The number of nitrogen functional groups attached to an aromatic ring is 1. The molecule has 100 valence electrons. The molecule has 4 heteroatoms. The number of nitrogens with two attached hydrogens (primary N) is 1. The minimum absolute atomic E-state index is 0.106. The Kier molecular flexibility index (Phi) is 2.99. The van der Waals surface area contributed by atoms with Gasteiger partial charge in [0.1, 0.15) is 0 Å². The molecule has 4 nitrogen and oxygen atoms in total. The zero-order valence-corrected chi connectivity index (χ0v) is 11.2. The van der Waals surface area contributed by atoms with Gasteiger partial charge in [-0.3, -0.25) is 4.79 Å². The third-order valence-corrected chi connectivity index (χ3v) is 3.57. The lowest BCUT2D eigenvalue weighted by Crippen LogP contribution is -2.21. The van der Waals surface area contributed by atoms with Gasteiger partial charge in [0.05, 0.1) is 23.8 Å². The van der Waals surface area contributed by atoms with Crippen LogP contribution in [0.25, 0.3) is 11.0 Å². The van der Waals surface area contributed by atoms with E-state index in [0.29, 0.717) is 6.54 Å². The van der Waals surface area contributed by atoms with E-state index < -0.39 is 0 Å². The van der Waals surface area contributed by atoms with E-state index in [4.69, 9.17) is 5.73 Å². The summed E-state index contributed by atoms with van der Waals surface area (Å²) < 4.78 is 1.73. The van der Waals surface area contributed by atoms with E-state index in [1.807, 2.05) is 49.4 Å². The molecule has 1 aromatic heterocycles. The van der Waals surface area contributed by atoms with E-state index in [1.54, 1.807) is 4.57 Å². The van der Waals surface area contributed by atoms with E-state index in [2.05, 4.69) is 4.98 Å². The Hall–Kier alpha value is -2.62. The van der Waals surface area contributed by atoms with Crippen LogP contribution in [-0.2, 0) is 6.54 Å². The molecule has 20 heavy (non-hydrogen) atoms. The Morgan fingerprint density at radius 1 is 1.15 bits per heavy atom. The van der Waals surface area contributed by atoms with Gasteiger partial charge in [-0.2, -0.15) is 0 Å². The first-order chi connectivity index (χ1) is 9.66. The van der Waals surface area contributed by atoms with Gasteiger partial charge in [-0.25, -0.2) is 4.98 Å². The fourth-order valence-corrected chi connectivity index (χ4v) is 2.32. The monoisotopic (exact) mass is 265 g/mol. The van der Waals surface area contributed by atoms with Crippen LogP contribution in [0.1, 0.15) is 11.1 Å². The smallest absolute Gasteiger partial charge is 0.269 e. The number of hydrogen-bond donors (Lipinski definition) is 1. The number of rotatable bonds is 2. The highest BCUT2D eigenvalue weighted by atomic mass is 16.1. The fraction of sp³-hybridized carbons (Fsp3) is 0.125. The Labute approximate surface area is 116 Å². The second-order valence-electron chi connectivity index (χ2n) is 4.80. The maximum atomic E-state index is 12.1. The summed E-state index contributed by atoms with van der Waals surface area (Å²) in [5, 5.41) is 0. The lowest BCUT2D eigenvalue weighted by molar-refractivity contribution is 0.782. The van der Waals surface area contributed by atoms with Crippen LogP contribution in [0.5, 0.6) is 0 Å². The van der Waals surface area contributed by atoms with Gasteiger partial charge in [0, 0.05) is 5.69 Å². The molecule has 0 saturated heterocycles. The van der Waals surface area contributed by atoms with Gasteiger partial charge in [-0.05, 0) is 36.2 Å². The molecular formula is C16H15N3O. The first-order valence-electron chi connectivity index (χ1n) is 6.45. The zero-order chi connectivity index (χ0) is 14.1. The summed E-state index contributed by atoms with van der Waals surface area (Å²) in [4.78, 5) is 16.3. The van der Waals surface area contributed by atoms with Crippen molar-refractivity contribution in [3.05, 3.63) is 70.1 Å². The summed E-state index contributed by atoms with van der Waals surface area (Å²) in [6, 6.07) is 13.4. The van der Waals surface area contributed by atoms with Crippen molar-refractivity contribution in [2.45, 2.75) is 13.5 Å². The molecule has 3 rings (SSSR count). The molecule has 2 N–H and O–H groups in total. The largest absolute Gasteiger partial charge is 0.399 e. The molecule has 0 bridgehead atoms. The molecule has 1 heterocycles. The van der Waals surface area contributed by atoms with Crippen molar-refractivity contribution in [3.8, 4) is 0 Å². The van der Waals surface area contributed by atoms with Crippen molar-refractivity contribution in [2.75, 3.05) is 5.73 Å². The highest BCUT2D eigenvalue weighted by Crippen LogP contribution is 2.17. The maximum absolute atomic E-state index is 12.1. The first kappa shape index (κ1) is 12.4. The quantitative estimate of drug-likeness (QED) is 0.723. The molecule has 0 unspecified atom stereocenters. The van der Waals surface area contributed by atoms with E-state index >= 15 is 0 Å². The second-order valence-corrected chi connectivity index (χ2v) is 4.80. The third-order valence-electron chi connectivity index (χ3n) is 3.57. The van der Waals surface area contributed by atoms with Crippen LogP contribution in [-0.4, -0.2) is 9.55 Å². The third kappa shape index (κ3) is 2.05. The lowest BCUT2D eigenvalue weighted by atomic mass is 10.1. The SMILES string of the molecule is Cc1c(N)cccc1Cn1c(=O)cnc2ccccc21. The average Bonchev–Trinajstić information content (AvgIpc) is 2.46. The maximum Gasteiger partial charge on any atom is 0.269 e. The molecule has 2 aromatic carbocycles. The van der Waals surface area contributed by atoms with Crippen LogP contribution in [0, 0.1) is 6.92 Å². The van der Waals surface area contributed by atoms with Crippen LogP contribution in [0.15, 0.2) is 53.5 Å². The van der Waals surface area contributed by atoms with Crippen LogP contribution in [0.3, 0.4) is 0 Å². The number of anilines is 1. The molecule has 0 amide bonds. The highest BCUT2D eigenvalue weighted by molar-refractivity contribution is 5.74. The van der Waals surface area contributed by atoms with Crippen molar-refractivity contribution < 1.29 is 0 Å². The van der Waals surface area contributed by atoms with Gasteiger partial charge in [-0.15, -0.1) is 0 Å². The average molecular weight is 265 g/mol. The molecule has 0 atom stereocenters. The van der Waals surface area contributed by atoms with E-state index in [0.717, 1.165) is 27.8 Å². The Morgan fingerprint density at radius 2 is 1.95 bits per heavy atom. The van der Waals surface area contributed by atoms with Gasteiger partial charge in [-0.1, -0.05) is 24.3 Å². The van der Waals surface area contributed by atoms with E-state index in [9.17, 15) is 4.79 Å². The minimum Gasteiger partial charge on any atom is -0.399 e. The molecule has 0 aliphatic heterocycles. The number of fused-ring (bicyclic) bond motifs is 1. The van der Waals surface area contributed by atoms with Crippen LogP contribution < -0.4 is 11.3 Å². The molecule has 0 fully saturated rings. The van der Waals surface area contributed by atoms with Gasteiger partial charge in [0.25, 0.3) is 5.56 Å². The normalized spacial score (nSPS) is 10.8. The van der Waals surface area contributed by atoms with Crippen LogP contribution >= 0.6 is 0 Å². The molecule has 0 aliphatic carbocycles. The predicted molar refractivity (Wildman–Crippen MR) is 80.7 cm³/mol. The number of benzene rings is 2. The standard InChI is InChI=1S/C16H15N3O/c1-11-12(5-4-6-13(11)17)10-19-15-8-3-2-7-14(15)18-9-16(19)20/h2-9H,10,17H2,1H3. The summed E-state index contributed by atoms with van der Waals surface area (Å²) in [7, 11) is 0. The topological polar surface area (TPSA) is 60.9 Å². The molecule has 0 aliphatic rings. The van der Waals surface area contributed by atoms with Gasteiger partial charge in [0.15, 0.2) is 0 Å². The minimum atomic E-state index is -0.106. The molecule has 0 radical (unpaired) electrons. The number of aromatic nitrogens is 2. The van der Waals surface area contributed by atoms with Gasteiger partial charge >= 0.3 is 0 Å². The molecule has 0 saturated carbocycles. The number of hydrogen-bond acceptors (Lipinski definition) is 3. The van der Waals surface area contributed by atoms with Crippen molar-refractivity contribution >= 4 is 16.7 Å². The Bertz CT molecular complexity index is 836. The summed E-state index contributed by atoms with van der Waals surface area (Å²) in [6.45, 7) is 2.47. The Balaban J connectivity index is 2.18. The summed E-state index contributed by atoms with van der Waals surface area (Å²) in [5.41, 5.74) is 10.3. The predicted octanol–water partition coefficient (Wildman–Crippen LogP) is 2.34. The molecule has 0 spiro atoms. The van der Waals surface area contributed by atoms with Crippen molar-refractivity contribution in [3.63, 3.8) is 0 Å².